The molecular formula is C12H24N2O2. The van der Waals surface area contributed by atoms with Crippen molar-refractivity contribution in [3.05, 3.63) is 0 Å². The van der Waals surface area contributed by atoms with E-state index in [0.29, 0.717) is 6.54 Å². The third-order valence-corrected chi connectivity index (χ3v) is 3.04. The standard InChI is InChI=1S/C12H24N2O2/c1-3-6-11(13)12(15)14(2)9-10-7-4-5-8-16-10/h10-11H,3-9,13H2,1-2H3. The van der Waals surface area contributed by atoms with Gasteiger partial charge in [-0.05, 0) is 25.7 Å². The predicted molar refractivity (Wildman–Crippen MR) is 64.1 cm³/mol. The van der Waals surface area contributed by atoms with Gasteiger partial charge in [0, 0.05) is 20.2 Å². The average Bonchev–Trinajstić information content (AvgIpc) is 2.29. The summed E-state index contributed by atoms with van der Waals surface area (Å²) in [4.78, 5) is 13.6. The highest BCUT2D eigenvalue weighted by Crippen LogP contribution is 2.13. The quantitative estimate of drug-likeness (QED) is 0.767. The zero-order valence-corrected chi connectivity index (χ0v) is 10.4. The lowest BCUT2D eigenvalue weighted by Gasteiger charge is -2.28. The molecule has 1 amide bonds. The number of hydrogen-bond acceptors (Lipinski definition) is 3. The van der Waals surface area contributed by atoms with Gasteiger partial charge in [0.2, 0.25) is 5.91 Å². The second-order valence-corrected chi connectivity index (χ2v) is 4.60. The molecule has 1 aliphatic heterocycles. The Hall–Kier alpha value is -0.610. The third-order valence-electron chi connectivity index (χ3n) is 3.04. The smallest absolute Gasteiger partial charge is 0.239 e. The molecule has 1 saturated heterocycles. The Morgan fingerprint density at radius 2 is 2.31 bits per heavy atom. The van der Waals surface area contributed by atoms with Crippen molar-refractivity contribution >= 4 is 5.91 Å². The summed E-state index contributed by atoms with van der Waals surface area (Å²) in [5.41, 5.74) is 5.80. The first-order valence-electron chi connectivity index (χ1n) is 6.27. The Morgan fingerprint density at radius 3 is 2.88 bits per heavy atom. The van der Waals surface area contributed by atoms with Crippen molar-refractivity contribution in [2.75, 3.05) is 20.2 Å². The van der Waals surface area contributed by atoms with Crippen LogP contribution in [0.2, 0.25) is 0 Å². The van der Waals surface area contributed by atoms with Gasteiger partial charge in [0.15, 0.2) is 0 Å². The number of ether oxygens (including phenoxy) is 1. The Kier molecular flexibility index (Phi) is 5.77. The van der Waals surface area contributed by atoms with Crippen LogP contribution < -0.4 is 5.73 Å². The van der Waals surface area contributed by atoms with Gasteiger partial charge < -0.3 is 15.4 Å². The fraction of sp³-hybridized carbons (Fsp3) is 0.917. The van der Waals surface area contributed by atoms with E-state index in [2.05, 4.69) is 0 Å². The molecule has 94 valence electrons. The minimum atomic E-state index is -0.349. The number of carbonyl (C=O) groups is 1. The van der Waals surface area contributed by atoms with Crippen LogP contribution in [-0.4, -0.2) is 43.2 Å². The average molecular weight is 228 g/mol. The molecule has 0 saturated carbocycles. The molecule has 1 heterocycles. The molecule has 0 aromatic carbocycles. The van der Waals surface area contributed by atoms with Crippen molar-refractivity contribution in [1.82, 2.24) is 4.90 Å². The highest BCUT2D eigenvalue weighted by atomic mass is 16.5. The molecule has 0 bridgehead atoms. The first-order valence-corrected chi connectivity index (χ1v) is 6.27. The molecule has 4 nitrogen and oxygen atoms in total. The largest absolute Gasteiger partial charge is 0.376 e. The SMILES string of the molecule is CCCC(N)C(=O)N(C)CC1CCCCO1. The van der Waals surface area contributed by atoms with Crippen LogP contribution in [0.5, 0.6) is 0 Å². The minimum absolute atomic E-state index is 0.0380. The van der Waals surface area contributed by atoms with Crippen LogP contribution in [0, 0.1) is 0 Å². The van der Waals surface area contributed by atoms with Gasteiger partial charge in [-0.2, -0.15) is 0 Å². The van der Waals surface area contributed by atoms with Gasteiger partial charge >= 0.3 is 0 Å². The maximum Gasteiger partial charge on any atom is 0.239 e. The molecule has 2 atom stereocenters. The molecule has 2 N–H and O–H groups in total. The van der Waals surface area contributed by atoms with Crippen LogP contribution >= 0.6 is 0 Å². The number of nitrogens with zero attached hydrogens (tertiary/aromatic N) is 1. The first kappa shape index (κ1) is 13.5. The van der Waals surface area contributed by atoms with Gasteiger partial charge in [-0.25, -0.2) is 0 Å². The minimum Gasteiger partial charge on any atom is -0.376 e. The monoisotopic (exact) mass is 228 g/mol. The van der Waals surface area contributed by atoms with Crippen LogP contribution in [0.25, 0.3) is 0 Å². The summed E-state index contributed by atoms with van der Waals surface area (Å²) in [6, 6.07) is -0.349. The Bertz CT molecular complexity index is 215. The van der Waals surface area contributed by atoms with E-state index in [9.17, 15) is 4.79 Å². The van der Waals surface area contributed by atoms with Crippen molar-refractivity contribution in [2.24, 2.45) is 5.73 Å². The van der Waals surface area contributed by atoms with Crippen LogP contribution in [0.1, 0.15) is 39.0 Å². The zero-order valence-electron chi connectivity index (χ0n) is 10.4. The normalized spacial score (nSPS) is 22.8. The molecule has 2 unspecified atom stereocenters. The molecule has 1 rings (SSSR count). The molecule has 0 aromatic rings. The first-order chi connectivity index (χ1) is 7.65. The van der Waals surface area contributed by atoms with Crippen molar-refractivity contribution in [3.8, 4) is 0 Å². The molecule has 0 aromatic heterocycles. The zero-order chi connectivity index (χ0) is 12.0. The summed E-state index contributed by atoms with van der Waals surface area (Å²) in [5, 5.41) is 0. The number of nitrogens with two attached hydrogens (primary N) is 1. The summed E-state index contributed by atoms with van der Waals surface area (Å²) >= 11 is 0. The molecule has 1 fully saturated rings. The van der Waals surface area contributed by atoms with Gasteiger partial charge in [0.25, 0.3) is 0 Å². The van der Waals surface area contributed by atoms with E-state index < -0.39 is 0 Å². The predicted octanol–water partition coefficient (Wildman–Crippen LogP) is 1.14. The van der Waals surface area contributed by atoms with Crippen molar-refractivity contribution in [3.63, 3.8) is 0 Å². The molecule has 0 radical (unpaired) electrons. The van der Waals surface area contributed by atoms with E-state index in [1.807, 2.05) is 14.0 Å². The van der Waals surface area contributed by atoms with Gasteiger partial charge in [-0.15, -0.1) is 0 Å². The summed E-state index contributed by atoms with van der Waals surface area (Å²) < 4.78 is 5.60. The molecule has 0 aliphatic carbocycles. The van der Waals surface area contributed by atoms with Crippen LogP contribution in [0.4, 0.5) is 0 Å². The molecule has 16 heavy (non-hydrogen) atoms. The number of carbonyl (C=O) groups excluding carboxylic acids is 1. The lowest BCUT2D eigenvalue weighted by Crippen LogP contribution is -2.45. The molecule has 0 spiro atoms. The lowest BCUT2D eigenvalue weighted by molar-refractivity contribution is -0.133. The fourth-order valence-corrected chi connectivity index (χ4v) is 2.06. The topological polar surface area (TPSA) is 55.6 Å². The molecular weight excluding hydrogens is 204 g/mol. The van der Waals surface area contributed by atoms with E-state index in [4.69, 9.17) is 10.5 Å². The van der Waals surface area contributed by atoms with Crippen LogP contribution in [-0.2, 0) is 9.53 Å². The number of amides is 1. The van der Waals surface area contributed by atoms with Gasteiger partial charge in [-0.3, -0.25) is 4.79 Å². The second-order valence-electron chi connectivity index (χ2n) is 4.60. The van der Waals surface area contributed by atoms with E-state index in [0.717, 1.165) is 32.3 Å². The number of rotatable bonds is 5. The van der Waals surface area contributed by atoms with E-state index in [1.165, 1.54) is 6.42 Å². The maximum atomic E-state index is 11.9. The molecule has 1 aliphatic rings. The molecule has 4 heteroatoms. The van der Waals surface area contributed by atoms with E-state index in [1.54, 1.807) is 4.90 Å². The maximum absolute atomic E-state index is 11.9. The summed E-state index contributed by atoms with van der Waals surface area (Å²) in [6.07, 6.45) is 5.31. The number of likely N-dealkylation sites (N-methyl/N-ethyl adjacent to an activating group) is 1. The van der Waals surface area contributed by atoms with Gasteiger partial charge in [0.05, 0.1) is 12.1 Å². The third kappa shape index (κ3) is 4.10. The summed E-state index contributed by atoms with van der Waals surface area (Å²) in [6.45, 7) is 3.54. The van der Waals surface area contributed by atoms with Crippen molar-refractivity contribution < 1.29 is 9.53 Å². The fourth-order valence-electron chi connectivity index (χ4n) is 2.06. The van der Waals surface area contributed by atoms with Crippen molar-refractivity contribution in [2.45, 2.75) is 51.2 Å². The Balaban J connectivity index is 2.32. The van der Waals surface area contributed by atoms with E-state index in [-0.39, 0.29) is 18.1 Å². The van der Waals surface area contributed by atoms with E-state index >= 15 is 0 Å². The highest BCUT2D eigenvalue weighted by molar-refractivity contribution is 5.81. The summed E-state index contributed by atoms with van der Waals surface area (Å²) in [7, 11) is 1.82. The van der Waals surface area contributed by atoms with Crippen LogP contribution in [0.15, 0.2) is 0 Å². The lowest BCUT2D eigenvalue weighted by atomic mass is 10.1. The highest BCUT2D eigenvalue weighted by Gasteiger charge is 2.21. The Morgan fingerprint density at radius 1 is 1.56 bits per heavy atom. The van der Waals surface area contributed by atoms with Crippen molar-refractivity contribution in [1.29, 1.82) is 0 Å². The number of hydrogen-bond donors (Lipinski definition) is 1. The summed E-state index contributed by atoms with van der Waals surface area (Å²) in [5.74, 6) is 0.0380. The van der Waals surface area contributed by atoms with Crippen LogP contribution in [0.3, 0.4) is 0 Å². The van der Waals surface area contributed by atoms with Gasteiger partial charge in [0.1, 0.15) is 0 Å². The second kappa shape index (κ2) is 6.86. The Labute approximate surface area is 98.1 Å². The van der Waals surface area contributed by atoms with Gasteiger partial charge in [-0.1, -0.05) is 13.3 Å².